The number of hydrogen-bond acceptors (Lipinski definition) is 6. The number of carbonyl (C=O) groups is 3. The van der Waals surface area contributed by atoms with Gasteiger partial charge in [0.25, 0.3) is 5.91 Å². The lowest BCUT2D eigenvalue weighted by Gasteiger charge is -2.09. The Labute approximate surface area is 161 Å². The van der Waals surface area contributed by atoms with Gasteiger partial charge in [0, 0.05) is 5.56 Å². The van der Waals surface area contributed by atoms with Gasteiger partial charge in [0.15, 0.2) is 0 Å². The van der Waals surface area contributed by atoms with Gasteiger partial charge < -0.3 is 19.2 Å². The number of esters is 1. The molecule has 2 heterocycles. The van der Waals surface area contributed by atoms with Crippen molar-refractivity contribution < 1.29 is 28.3 Å². The van der Waals surface area contributed by atoms with Crippen LogP contribution in [-0.2, 0) is 16.1 Å². The van der Waals surface area contributed by atoms with Gasteiger partial charge in [-0.15, -0.1) is 0 Å². The first-order chi connectivity index (χ1) is 13.5. The molecular formula is C20H18N2O6. The Morgan fingerprint density at radius 2 is 2.04 bits per heavy atom. The quantitative estimate of drug-likeness (QED) is 0.342. The number of nitrogens with one attached hydrogen (secondary N) is 1. The Balaban J connectivity index is 1.78. The molecule has 3 amide bonds. The Kier molecular flexibility index (Phi) is 5.59. The molecule has 1 aromatic carbocycles. The van der Waals surface area contributed by atoms with E-state index in [0.717, 1.165) is 4.90 Å². The van der Waals surface area contributed by atoms with Crippen LogP contribution < -0.4 is 10.1 Å². The minimum Gasteiger partial charge on any atom is -0.489 e. The molecule has 1 aliphatic heterocycles. The number of furan rings is 1. The van der Waals surface area contributed by atoms with Crippen LogP contribution in [0.2, 0.25) is 0 Å². The highest BCUT2D eigenvalue weighted by Gasteiger charge is 2.34. The summed E-state index contributed by atoms with van der Waals surface area (Å²) in [6.07, 6.45) is 3.15. The number of ether oxygens (including phenoxy) is 2. The molecule has 8 nitrogen and oxygen atoms in total. The number of benzene rings is 1. The molecule has 1 saturated heterocycles. The van der Waals surface area contributed by atoms with Crippen LogP contribution in [0.1, 0.15) is 21.9 Å². The molecule has 1 aromatic heterocycles. The summed E-state index contributed by atoms with van der Waals surface area (Å²) in [5, 5.41) is 2.54. The highest BCUT2D eigenvalue weighted by Crippen LogP contribution is 2.23. The summed E-state index contributed by atoms with van der Waals surface area (Å²) >= 11 is 0. The summed E-state index contributed by atoms with van der Waals surface area (Å²) in [6, 6.07) is 9.46. The highest BCUT2D eigenvalue weighted by atomic mass is 16.5. The average molecular weight is 382 g/mol. The van der Waals surface area contributed by atoms with Gasteiger partial charge in [-0.1, -0.05) is 30.9 Å². The van der Waals surface area contributed by atoms with Crippen molar-refractivity contribution in [3.05, 3.63) is 71.8 Å². The largest absolute Gasteiger partial charge is 0.489 e. The lowest BCUT2D eigenvalue weighted by atomic mass is 10.1. The third-order valence-electron chi connectivity index (χ3n) is 3.90. The maximum absolute atomic E-state index is 12.6. The Morgan fingerprint density at radius 1 is 1.25 bits per heavy atom. The molecule has 3 rings (SSSR count). The molecule has 0 atom stereocenters. The maximum atomic E-state index is 12.6. The van der Waals surface area contributed by atoms with E-state index in [1.807, 2.05) is 0 Å². The van der Waals surface area contributed by atoms with Crippen molar-refractivity contribution in [3.63, 3.8) is 0 Å². The fourth-order valence-electron chi connectivity index (χ4n) is 2.58. The molecular weight excluding hydrogens is 364 g/mol. The second-order valence-corrected chi connectivity index (χ2v) is 5.77. The first-order valence-corrected chi connectivity index (χ1v) is 8.37. The smallest absolute Gasteiger partial charge is 0.373 e. The zero-order valence-corrected chi connectivity index (χ0v) is 15.1. The summed E-state index contributed by atoms with van der Waals surface area (Å²) in [5.41, 5.74) is 0.750. The van der Waals surface area contributed by atoms with Gasteiger partial charge in [0.2, 0.25) is 5.76 Å². The van der Waals surface area contributed by atoms with E-state index in [1.54, 1.807) is 36.4 Å². The molecule has 0 radical (unpaired) electrons. The van der Waals surface area contributed by atoms with E-state index in [2.05, 4.69) is 16.6 Å². The molecule has 0 aliphatic carbocycles. The summed E-state index contributed by atoms with van der Waals surface area (Å²) in [7, 11) is 1.23. The van der Waals surface area contributed by atoms with Crippen molar-refractivity contribution in [2.75, 3.05) is 13.7 Å². The van der Waals surface area contributed by atoms with E-state index < -0.39 is 17.9 Å². The number of imide groups is 1. The molecule has 0 spiro atoms. The first kappa shape index (κ1) is 19.0. The standard InChI is InChI=1S/C20H18N2O6/c1-3-10-27-16-7-5-4-6-13(16)11-15-18(23)22(20(25)21-15)12-14-8-9-17(28-14)19(24)26-2/h3-9,11H,1,10,12H2,2H3,(H,21,25). The van der Waals surface area contributed by atoms with Crippen molar-refractivity contribution in [1.82, 2.24) is 10.2 Å². The van der Waals surface area contributed by atoms with Crippen LogP contribution in [-0.4, -0.2) is 36.5 Å². The van der Waals surface area contributed by atoms with Crippen molar-refractivity contribution in [1.29, 1.82) is 0 Å². The number of rotatable bonds is 7. The predicted octanol–water partition coefficient (Wildman–Crippen LogP) is 2.72. The second-order valence-electron chi connectivity index (χ2n) is 5.77. The van der Waals surface area contributed by atoms with Crippen molar-refractivity contribution >= 4 is 24.0 Å². The van der Waals surface area contributed by atoms with E-state index >= 15 is 0 Å². The minimum atomic E-state index is -0.639. The normalized spacial score (nSPS) is 14.9. The van der Waals surface area contributed by atoms with E-state index in [9.17, 15) is 14.4 Å². The summed E-state index contributed by atoms with van der Waals surface area (Å²) in [6.45, 7) is 3.80. The monoisotopic (exact) mass is 382 g/mol. The zero-order valence-electron chi connectivity index (χ0n) is 15.1. The lowest BCUT2D eigenvalue weighted by Crippen LogP contribution is -2.30. The van der Waals surface area contributed by atoms with E-state index in [-0.39, 0.29) is 23.8 Å². The Morgan fingerprint density at radius 3 is 2.79 bits per heavy atom. The van der Waals surface area contributed by atoms with Gasteiger partial charge in [0.1, 0.15) is 23.8 Å². The molecule has 0 saturated carbocycles. The van der Waals surface area contributed by atoms with Gasteiger partial charge in [-0.05, 0) is 24.3 Å². The molecule has 144 valence electrons. The van der Waals surface area contributed by atoms with Crippen molar-refractivity contribution in [2.24, 2.45) is 0 Å². The lowest BCUT2D eigenvalue weighted by molar-refractivity contribution is -0.123. The topological polar surface area (TPSA) is 98.1 Å². The molecule has 0 bridgehead atoms. The van der Waals surface area contributed by atoms with Gasteiger partial charge in [-0.25, -0.2) is 9.59 Å². The number of nitrogens with zero attached hydrogens (tertiary/aromatic N) is 1. The molecule has 1 fully saturated rings. The van der Waals surface area contributed by atoms with Crippen LogP contribution in [0, 0.1) is 0 Å². The van der Waals surface area contributed by atoms with E-state index in [4.69, 9.17) is 9.15 Å². The number of methoxy groups -OCH3 is 1. The van der Waals surface area contributed by atoms with Gasteiger partial charge >= 0.3 is 12.0 Å². The van der Waals surface area contributed by atoms with Crippen molar-refractivity contribution in [2.45, 2.75) is 6.54 Å². The van der Waals surface area contributed by atoms with Crippen LogP contribution in [0.15, 0.2) is 59.2 Å². The molecule has 28 heavy (non-hydrogen) atoms. The number of para-hydroxylation sites is 1. The molecule has 1 N–H and O–H groups in total. The third-order valence-corrected chi connectivity index (χ3v) is 3.90. The Bertz CT molecular complexity index is 959. The number of carbonyl (C=O) groups excluding carboxylic acids is 3. The van der Waals surface area contributed by atoms with Crippen LogP contribution >= 0.6 is 0 Å². The summed E-state index contributed by atoms with van der Waals surface area (Å²) < 4.78 is 15.4. The van der Waals surface area contributed by atoms with Gasteiger partial charge in [-0.2, -0.15) is 0 Å². The molecule has 1 aliphatic rings. The number of amides is 3. The molecule has 0 unspecified atom stereocenters. The Hall–Kier alpha value is -3.81. The average Bonchev–Trinajstić information content (AvgIpc) is 3.27. The van der Waals surface area contributed by atoms with Crippen LogP contribution in [0.25, 0.3) is 6.08 Å². The van der Waals surface area contributed by atoms with E-state index in [0.29, 0.717) is 17.9 Å². The highest BCUT2D eigenvalue weighted by molar-refractivity contribution is 6.14. The van der Waals surface area contributed by atoms with Crippen LogP contribution in [0.4, 0.5) is 4.79 Å². The fraction of sp³-hybridized carbons (Fsp3) is 0.150. The fourth-order valence-corrected chi connectivity index (χ4v) is 2.58. The second kappa shape index (κ2) is 8.26. The molecule has 8 heteroatoms. The summed E-state index contributed by atoms with van der Waals surface area (Å²) in [4.78, 5) is 37.3. The van der Waals surface area contributed by atoms with E-state index in [1.165, 1.54) is 19.2 Å². The van der Waals surface area contributed by atoms with Crippen LogP contribution in [0.3, 0.4) is 0 Å². The van der Waals surface area contributed by atoms with Crippen molar-refractivity contribution in [3.8, 4) is 5.75 Å². The number of urea groups is 1. The van der Waals surface area contributed by atoms with Gasteiger partial charge in [-0.3, -0.25) is 9.69 Å². The first-order valence-electron chi connectivity index (χ1n) is 8.37. The maximum Gasteiger partial charge on any atom is 0.373 e. The minimum absolute atomic E-state index is 0.00591. The SMILES string of the molecule is C=CCOc1ccccc1C=C1NC(=O)N(Cc2ccc(C(=O)OC)o2)C1=O. The summed E-state index contributed by atoms with van der Waals surface area (Å²) in [5.74, 6) is -0.322. The molecule has 2 aromatic rings. The number of hydrogen-bond donors (Lipinski definition) is 1. The zero-order chi connectivity index (χ0) is 20.1. The predicted molar refractivity (Wildman–Crippen MR) is 99.2 cm³/mol. The third kappa shape index (κ3) is 3.96. The van der Waals surface area contributed by atoms with Crippen LogP contribution in [0.5, 0.6) is 5.75 Å². The van der Waals surface area contributed by atoms with Gasteiger partial charge in [0.05, 0.1) is 13.7 Å².